The molecule has 6 nitrogen and oxygen atoms in total. The number of imide groups is 1. The zero-order valence-corrected chi connectivity index (χ0v) is 9.56. The van der Waals surface area contributed by atoms with Gasteiger partial charge in [-0.25, -0.2) is 4.79 Å². The van der Waals surface area contributed by atoms with E-state index in [0.717, 1.165) is 4.90 Å². The van der Waals surface area contributed by atoms with Crippen LogP contribution in [-0.4, -0.2) is 37.2 Å². The molecular formula is C11H13N3O3. The highest BCUT2D eigenvalue weighted by Crippen LogP contribution is 2.24. The van der Waals surface area contributed by atoms with Gasteiger partial charge in [-0.1, -0.05) is 12.1 Å². The van der Waals surface area contributed by atoms with Crippen LogP contribution in [0.5, 0.6) is 5.75 Å². The Morgan fingerprint density at radius 2 is 2.06 bits per heavy atom. The SMILES string of the molecule is COc1ccccc1NC1NC(=O)N(C)C1=O. The van der Waals surface area contributed by atoms with E-state index >= 15 is 0 Å². The smallest absolute Gasteiger partial charge is 0.325 e. The Kier molecular flexibility index (Phi) is 2.86. The molecule has 17 heavy (non-hydrogen) atoms. The molecule has 2 N–H and O–H groups in total. The van der Waals surface area contributed by atoms with Gasteiger partial charge in [-0.15, -0.1) is 0 Å². The van der Waals surface area contributed by atoms with E-state index in [9.17, 15) is 9.59 Å². The number of benzene rings is 1. The fourth-order valence-electron chi connectivity index (χ4n) is 1.59. The lowest BCUT2D eigenvalue weighted by atomic mass is 10.3. The number of carbonyl (C=O) groups excluding carboxylic acids is 2. The number of carbonyl (C=O) groups is 2. The van der Waals surface area contributed by atoms with Crippen molar-refractivity contribution in [3.05, 3.63) is 24.3 Å². The third-order valence-electron chi connectivity index (χ3n) is 2.56. The quantitative estimate of drug-likeness (QED) is 0.753. The number of likely N-dealkylation sites (N-methyl/N-ethyl adjacent to an activating group) is 1. The molecule has 2 rings (SSSR count). The van der Waals surface area contributed by atoms with Crippen LogP contribution in [0.2, 0.25) is 0 Å². The van der Waals surface area contributed by atoms with Crippen LogP contribution in [0.3, 0.4) is 0 Å². The number of para-hydroxylation sites is 2. The van der Waals surface area contributed by atoms with Crippen molar-refractivity contribution < 1.29 is 14.3 Å². The standard InChI is InChI=1S/C11H13N3O3/c1-14-10(15)9(13-11(14)16)12-7-5-3-4-6-8(7)17-2/h3-6,9,12H,1-2H3,(H,13,16). The van der Waals surface area contributed by atoms with Crippen LogP contribution in [0.1, 0.15) is 0 Å². The molecule has 1 heterocycles. The highest BCUT2D eigenvalue weighted by atomic mass is 16.5. The summed E-state index contributed by atoms with van der Waals surface area (Å²) in [6.07, 6.45) is -0.746. The number of nitrogens with zero attached hydrogens (tertiary/aromatic N) is 1. The Labute approximate surface area is 98.5 Å². The van der Waals surface area contributed by atoms with E-state index in [4.69, 9.17) is 4.74 Å². The summed E-state index contributed by atoms with van der Waals surface area (Å²) in [5, 5.41) is 5.45. The molecule has 6 heteroatoms. The predicted octanol–water partition coefficient (Wildman–Crippen LogP) is 0.615. The van der Waals surface area contributed by atoms with E-state index in [1.165, 1.54) is 7.05 Å². The second kappa shape index (κ2) is 4.32. The number of rotatable bonds is 3. The summed E-state index contributed by atoms with van der Waals surface area (Å²) in [6.45, 7) is 0. The van der Waals surface area contributed by atoms with Gasteiger partial charge in [0.25, 0.3) is 5.91 Å². The molecule has 0 spiro atoms. The molecule has 0 bridgehead atoms. The van der Waals surface area contributed by atoms with Crippen molar-refractivity contribution in [2.45, 2.75) is 6.17 Å². The first-order chi connectivity index (χ1) is 8.13. The molecule has 0 aromatic heterocycles. The summed E-state index contributed by atoms with van der Waals surface area (Å²) < 4.78 is 5.14. The first-order valence-electron chi connectivity index (χ1n) is 5.11. The van der Waals surface area contributed by atoms with Gasteiger partial charge in [0.05, 0.1) is 12.8 Å². The molecule has 1 saturated heterocycles. The first kappa shape index (κ1) is 11.3. The van der Waals surface area contributed by atoms with E-state index in [-0.39, 0.29) is 5.91 Å². The fraction of sp³-hybridized carbons (Fsp3) is 0.273. The topological polar surface area (TPSA) is 70.7 Å². The van der Waals surface area contributed by atoms with Crippen LogP contribution in [0.15, 0.2) is 24.3 Å². The van der Waals surface area contributed by atoms with E-state index in [1.54, 1.807) is 19.2 Å². The van der Waals surface area contributed by atoms with Crippen molar-refractivity contribution in [2.24, 2.45) is 0 Å². The Bertz CT molecular complexity index is 461. The van der Waals surface area contributed by atoms with E-state index in [2.05, 4.69) is 10.6 Å². The Balaban J connectivity index is 2.17. The maximum absolute atomic E-state index is 11.7. The summed E-state index contributed by atoms with van der Waals surface area (Å²) in [7, 11) is 2.98. The Hall–Kier alpha value is -2.24. The largest absolute Gasteiger partial charge is 0.495 e. The summed E-state index contributed by atoms with van der Waals surface area (Å²) in [5.74, 6) is 0.296. The third kappa shape index (κ3) is 2.01. The normalized spacial score (nSPS) is 19.2. The third-order valence-corrected chi connectivity index (χ3v) is 2.56. The summed E-state index contributed by atoms with van der Waals surface area (Å²) in [6, 6.07) is 6.77. The van der Waals surface area contributed by atoms with Crippen LogP contribution >= 0.6 is 0 Å². The van der Waals surface area contributed by atoms with Crippen molar-refractivity contribution in [2.75, 3.05) is 19.5 Å². The minimum Gasteiger partial charge on any atom is -0.495 e. The second-order valence-electron chi connectivity index (χ2n) is 3.62. The lowest BCUT2D eigenvalue weighted by Gasteiger charge is -2.14. The van der Waals surface area contributed by atoms with Crippen LogP contribution in [0.25, 0.3) is 0 Å². The highest BCUT2D eigenvalue weighted by molar-refractivity contribution is 6.05. The number of hydrogen-bond donors (Lipinski definition) is 2. The highest BCUT2D eigenvalue weighted by Gasteiger charge is 2.35. The molecular weight excluding hydrogens is 222 g/mol. The number of amides is 3. The molecule has 0 saturated carbocycles. The summed E-state index contributed by atoms with van der Waals surface area (Å²) in [5.41, 5.74) is 0.656. The average molecular weight is 235 g/mol. The number of anilines is 1. The lowest BCUT2D eigenvalue weighted by Crippen LogP contribution is -2.36. The molecule has 1 aliphatic rings. The zero-order valence-electron chi connectivity index (χ0n) is 9.56. The molecule has 1 unspecified atom stereocenters. The summed E-state index contributed by atoms with van der Waals surface area (Å²) in [4.78, 5) is 24.0. The molecule has 0 radical (unpaired) electrons. The molecule has 1 aromatic carbocycles. The molecule has 0 aliphatic carbocycles. The van der Waals surface area contributed by atoms with Gasteiger partial charge in [-0.2, -0.15) is 0 Å². The van der Waals surface area contributed by atoms with Gasteiger partial charge in [0, 0.05) is 7.05 Å². The molecule has 1 atom stereocenters. The van der Waals surface area contributed by atoms with Crippen LogP contribution in [-0.2, 0) is 4.79 Å². The predicted molar refractivity (Wildman–Crippen MR) is 61.7 cm³/mol. The molecule has 1 aliphatic heterocycles. The van der Waals surface area contributed by atoms with E-state index < -0.39 is 12.2 Å². The van der Waals surface area contributed by atoms with Gasteiger partial charge >= 0.3 is 6.03 Å². The first-order valence-corrected chi connectivity index (χ1v) is 5.11. The number of nitrogens with one attached hydrogen (secondary N) is 2. The van der Waals surface area contributed by atoms with Crippen molar-refractivity contribution in [3.63, 3.8) is 0 Å². The minimum absolute atomic E-state index is 0.319. The number of methoxy groups -OCH3 is 1. The molecule has 3 amide bonds. The lowest BCUT2D eigenvalue weighted by molar-refractivity contribution is -0.125. The number of urea groups is 1. The fourth-order valence-corrected chi connectivity index (χ4v) is 1.59. The number of hydrogen-bond acceptors (Lipinski definition) is 4. The zero-order chi connectivity index (χ0) is 12.4. The summed E-state index contributed by atoms with van der Waals surface area (Å²) >= 11 is 0. The average Bonchev–Trinajstić information content (AvgIpc) is 2.58. The maximum Gasteiger partial charge on any atom is 0.325 e. The molecule has 1 aromatic rings. The van der Waals surface area contributed by atoms with Gasteiger partial charge < -0.3 is 15.4 Å². The maximum atomic E-state index is 11.7. The molecule has 1 fully saturated rings. The monoisotopic (exact) mass is 235 g/mol. The van der Waals surface area contributed by atoms with Crippen LogP contribution < -0.4 is 15.4 Å². The van der Waals surface area contributed by atoms with Gasteiger partial charge in [0.15, 0.2) is 6.17 Å². The van der Waals surface area contributed by atoms with Crippen molar-refractivity contribution in [1.29, 1.82) is 0 Å². The Morgan fingerprint density at radius 1 is 1.35 bits per heavy atom. The van der Waals surface area contributed by atoms with E-state index in [0.29, 0.717) is 11.4 Å². The van der Waals surface area contributed by atoms with Crippen LogP contribution in [0, 0.1) is 0 Å². The number of ether oxygens (including phenoxy) is 1. The minimum atomic E-state index is -0.746. The molecule has 90 valence electrons. The van der Waals surface area contributed by atoms with Gasteiger partial charge in [0.2, 0.25) is 0 Å². The van der Waals surface area contributed by atoms with Gasteiger partial charge in [0.1, 0.15) is 5.75 Å². The van der Waals surface area contributed by atoms with Crippen molar-refractivity contribution in [3.8, 4) is 5.75 Å². The Morgan fingerprint density at radius 3 is 2.65 bits per heavy atom. The van der Waals surface area contributed by atoms with Crippen LogP contribution in [0.4, 0.5) is 10.5 Å². The van der Waals surface area contributed by atoms with Crippen molar-refractivity contribution in [1.82, 2.24) is 10.2 Å². The van der Waals surface area contributed by atoms with Crippen molar-refractivity contribution >= 4 is 17.6 Å². The van der Waals surface area contributed by atoms with Gasteiger partial charge in [-0.3, -0.25) is 9.69 Å². The van der Waals surface area contributed by atoms with E-state index in [1.807, 2.05) is 12.1 Å². The second-order valence-corrected chi connectivity index (χ2v) is 3.62. The van der Waals surface area contributed by atoms with Gasteiger partial charge in [-0.05, 0) is 12.1 Å².